The largest absolute Gasteiger partial charge is 0.332 e. The molecule has 0 unspecified atom stereocenters. The van der Waals surface area contributed by atoms with Gasteiger partial charge in [0, 0.05) is 28.6 Å². The number of rotatable bonds is 5. The SMILES string of the molecule is CC(C)n1nccc1NC(=O)c1cc2ccccc2n1Cc1ccccc1F. The predicted octanol–water partition coefficient (Wildman–Crippen LogP) is 4.86. The maximum Gasteiger partial charge on any atom is 0.273 e. The van der Waals surface area contributed by atoms with Crippen LogP contribution in [0.1, 0.15) is 35.9 Å². The Morgan fingerprint density at radius 2 is 1.86 bits per heavy atom. The lowest BCUT2D eigenvalue weighted by Gasteiger charge is -2.14. The fourth-order valence-electron chi connectivity index (χ4n) is 3.37. The monoisotopic (exact) mass is 376 g/mol. The Bertz CT molecular complexity index is 1140. The maximum atomic E-state index is 14.2. The molecule has 142 valence electrons. The number of para-hydroxylation sites is 1. The first-order chi connectivity index (χ1) is 13.5. The van der Waals surface area contributed by atoms with Crippen molar-refractivity contribution in [1.29, 1.82) is 0 Å². The molecule has 0 atom stereocenters. The zero-order valence-corrected chi connectivity index (χ0v) is 15.8. The van der Waals surface area contributed by atoms with Crippen LogP contribution in [0.2, 0.25) is 0 Å². The normalized spacial score (nSPS) is 11.3. The van der Waals surface area contributed by atoms with E-state index in [0.717, 1.165) is 10.9 Å². The van der Waals surface area contributed by atoms with Crippen molar-refractivity contribution in [3.63, 3.8) is 0 Å². The minimum Gasteiger partial charge on any atom is -0.332 e. The van der Waals surface area contributed by atoms with Gasteiger partial charge in [0.25, 0.3) is 5.91 Å². The summed E-state index contributed by atoms with van der Waals surface area (Å²) in [6, 6.07) is 18.1. The summed E-state index contributed by atoms with van der Waals surface area (Å²) in [5, 5.41) is 8.12. The number of benzene rings is 2. The zero-order chi connectivity index (χ0) is 19.7. The molecule has 4 rings (SSSR count). The van der Waals surface area contributed by atoms with Gasteiger partial charge >= 0.3 is 0 Å². The second-order valence-corrected chi connectivity index (χ2v) is 6.97. The van der Waals surface area contributed by atoms with Crippen LogP contribution in [-0.2, 0) is 6.54 Å². The van der Waals surface area contributed by atoms with E-state index in [9.17, 15) is 9.18 Å². The van der Waals surface area contributed by atoms with Crippen LogP contribution in [0.25, 0.3) is 10.9 Å². The first kappa shape index (κ1) is 18.0. The zero-order valence-electron chi connectivity index (χ0n) is 15.8. The number of carbonyl (C=O) groups is 1. The summed E-state index contributed by atoms with van der Waals surface area (Å²) in [6.45, 7) is 4.27. The first-order valence-corrected chi connectivity index (χ1v) is 9.21. The number of aromatic nitrogens is 3. The van der Waals surface area contributed by atoms with Crippen LogP contribution in [0.15, 0.2) is 66.9 Å². The van der Waals surface area contributed by atoms with Gasteiger partial charge in [0.05, 0.1) is 12.7 Å². The number of amides is 1. The summed E-state index contributed by atoms with van der Waals surface area (Å²) >= 11 is 0. The number of halogens is 1. The van der Waals surface area contributed by atoms with E-state index in [4.69, 9.17) is 0 Å². The topological polar surface area (TPSA) is 51.9 Å². The lowest BCUT2D eigenvalue weighted by molar-refractivity contribution is 0.101. The molecular weight excluding hydrogens is 355 g/mol. The van der Waals surface area contributed by atoms with Gasteiger partial charge in [-0.1, -0.05) is 36.4 Å². The van der Waals surface area contributed by atoms with E-state index in [1.54, 1.807) is 35.1 Å². The van der Waals surface area contributed by atoms with Crippen molar-refractivity contribution in [2.24, 2.45) is 0 Å². The molecule has 2 aromatic carbocycles. The number of fused-ring (bicyclic) bond motifs is 1. The average molecular weight is 376 g/mol. The number of hydrogen-bond acceptors (Lipinski definition) is 2. The van der Waals surface area contributed by atoms with Gasteiger partial charge in [0.2, 0.25) is 0 Å². The molecule has 0 spiro atoms. The summed E-state index contributed by atoms with van der Waals surface area (Å²) in [6.07, 6.45) is 1.66. The standard InChI is InChI=1S/C22H21FN4O/c1-15(2)27-21(11-12-24-27)25-22(28)20-13-16-7-4-6-10-19(16)26(20)14-17-8-3-5-9-18(17)23/h3-13,15H,14H2,1-2H3,(H,25,28). The van der Waals surface area contributed by atoms with Crippen LogP contribution < -0.4 is 5.32 Å². The summed E-state index contributed by atoms with van der Waals surface area (Å²) in [5.41, 5.74) is 1.89. The Balaban J connectivity index is 1.75. The number of hydrogen-bond donors (Lipinski definition) is 1. The highest BCUT2D eigenvalue weighted by molar-refractivity contribution is 6.06. The number of nitrogens with one attached hydrogen (secondary N) is 1. The molecule has 4 aromatic rings. The Kier molecular flexibility index (Phi) is 4.69. The van der Waals surface area contributed by atoms with E-state index in [1.165, 1.54) is 6.07 Å². The molecule has 1 N–H and O–H groups in total. The first-order valence-electron chi connectivity index (χ1n) is 9.21. The molecule has 2 heterocycles. The third-order valence-electron chi connectivity index (χ3n) is 4.73. The van der Waals surface area contributed by atoms with Crippen LogP contribution in [-0.4, -0.2) is 20.3 Å². The second-order valence-electron chi connectivity index (χ2n) is 6.97. The molecule has 0 aliphatic carbocycles. The van der Waals surface area contributed by atoms with E-state index in [1.807, 2.05) is 48.7 Å². The fourth-order valence-corrected chi connectivity index (χ4v) is 3.37. The van der Waals surface area contributed by atoms with E-state index in [2.05, 4.69) is 10.4 Å². The van der Waals surface area contributed by atoms with Gasteiger partial charge in [-0.15, -0.1) is 0 Å². The molecule has 28 heavy (non-hydrogen) atoms. The number of anilines is 1. The molecule has 1 amide bonds. The van der Waals surface area contributed by atoms with Gasteiger partial charge in [0.1, 0.15) is 17.3 Å². The minimum absolute atomic E-state index is 0.120. The Morgan fingerprint density at radius 3 is 2.64 bits per heavy atom. The molecule has 2 aromatic heterocycles. The maximum absolute atomic E-state index is 14.2. The predicted molar refractivity (Wildman–Crippen MR) is 108 cm³/mol. The molecule has 0 aliphatic rings. The van der Waals surface area contributed by atoms with Gasteiger partial charge in [0.15, 0.2) is 0 Å². The van der Waals surface area contributed by atoms with Crippen molar-refractivity contribution >= 4 is 22.6 Å². The average Bonchev–Trinajstić information content (AvgIpc) is 3.28. The lowest BCUT2D eigenvalue weighted by Crippen LogP contribution is -2.20. The Morgan fingerprint density at radius 1 is 1.11 bits per heavy atom. The minimum atomic E-state index is -0.287. The Labute approximate surface area is 162 Å². The van der Waals surface area contributed by atoms with Gasteiger partial charge in [-0.2, -0.15) is 5.10 Å². The van der Waals surface area contributed by atoms with Crippen LogP contribution in [0.4, 0.5) is 10.2 Å². The Hall–Kier alpha value is -3.41. The molecule has 0 radical (unpaired) electrons. The number of nitrogens with zero attached hydrogens (tertiary/aromatic N) is 3. The van der Waals surface area contributed by atoms with E-state index in [0.29, 0.717) is 17.1 Å². The van der Waals surface area contributed by atoms with E-state index >= 15 is 0 Å². The van der Waals surface area contributed by atoms with Crippen molar-refractivity contribution in [1.82, 2.24) is 14.3 Å². The van der Waals surface area contributed by atoms with Gasteiger partial charge in [-0.3, -0.25) is 4.79 Å². The quantitative estimate of drug-likeness (QED) is 0.541. The van der Waals surface area contributed by atoms with Crippen molar-refractivity contribution < 1.29 is 9.18 Å². The fraction of sp³-hybridized carbons (Fsp3) is 0.182. The van der Waals surface area contributed by atoms with Gasteiger partial charge in [-0.25, -0.2) is 9.07 Å². The summed E-state index contributed by atoms with van der Waals surface area (Å²) in [5.74, 6) is 0.0853. The molecule has 0 bridgehead atoms. The van der Waals surface area contributed by atoms with Crippen LogP contribution in [0.5, 0.6) is 0 Å². The highest BCUT2D eigenvalue weighted by Crippen LogP contribution is 2.23. The molecule has 0 saturated heterocycles. The molecular formula is C22H21FN4O. The summed E-state index contributed by atoms with van der Waals surface area (Å²) in [4.78, 5) is 13.1. The molecule has 5 nitrogen and oxygen atoms in total. The third-order valence-corrected chi connectivity index (χ3v) is 4.73. The van der Waals surface area contributed by atoms with Crippen molar-refractivity contribution in [3.05, 3.63) is 83.9 Å². The smallest absolute Gasteiger partial charge is 0.273 e. The molecule has 0 aliphatic heterocycles. The lowest BCUT2D eigenvalue weighted by atomic mass is 10.2. The van der Waals surface area contributed by atoms with Crippen molar-refractivity contribution in [2.75, 3.05) is 5.32 Å². The van der Waals surface area contributed by atoms with Crippen molar-refractivity contribution in [3.8, 4) is 0 Å². The molecule has 6 heteroatoms. The summed E-state index contributed by atoms with van der Waals surface area (Å²) < 4.78 is 17.8. The number of carbonyl (C=O) groups excluding carboxylic acids is 1. The van der Waals surface area contributed by atoms with Crippen LogP contribution >= 0.6 is 0 Å². The highest BCUT2D eigenvalue weighted by Gasteiger charge is 2.18. The van der Waals surface area contributed by atoms with Crippen LogP contribution in [0.3, 0.4) is 0 Å². The van der Waals surface area contributed by atoms with Crippen LogP contribution in [0, 0.1) is 5.82 Å². The molecule has 0 fully saturated rings. The highest BCUT2D eigenvalue weighted by atomic mass is 19.1. The van der Waals surface area contributed by atoms with E-state index in [-0.39, 0.29) is 24.3 Å². The van der Waals surface area contributed by atoms with Gasteiger partial charge < -0.3 is 9.88 Å². The van der Waals surface area contributed by atoms with Crippen molar-refractivity contribution in [2.45, 2.75) is 26.4 Å². The van der Waals surface area contributed by atoms with E-state index < -0.39 is 0 Å². The van der Waals surface area contributed by atoms with Gasteiger partial charge in [-0.05, 0) is 32.0 Å². The molecule has 0 saturated carbocycles. The summed E-state index contributed by atoms with van der Waals surface area (Å²) in [7, 11) is 0. The second kappa shape index (κ2) is 7.31. The third kappa shape index (κ3) is 3.29.